The van der Waals surface area contributed by atoms with Crippen molar-refractivity contribution in [3.8, 4) is 17.0 Å². The Kier molecular flexibility index (Phi) is 4.29. The minimum Gasteiger partial charge on any atom is -0.497 e. The Morgan fingerprint density at radius 3 is 2.86 bits per heavy atom. The first kappa shape index (κ1) is 14.8. The van der Waals surface area contributed by atoms with Crippen molar-refractivity contribution in [1.82, 2.24) is 4.98 Å². The number of piperidine rings is 1. The molecule has 0 saturated carbocycles. The second-order valence-electron chi connectivity index (χ2n) is 5.43. The molecule has 1 unspecified atom stereocenters. The number of nitrogens with two attached hydrogens (primary N) is 1. The van der Waals surface area contributed by atoms with Crippen LogP contribution in [0.1, 0.15) is 12.8 Å². The van der Waals surface area contributed by atoms with E-state index in [2.05, 4.69) is 4.90 Å². The van der Waals surface area contributed by atoms with Gasteiger partial charge in [-0.15, -0.1) is 11.3 Å². The molecule has 1 fully saturated rings. The van der Waals surface area contributed by atoms with E-state index in [4.69, 9.17) is 15.5 Å². The minimum absolute atomic E-state index is 0.0675. The van der Waals surface area contributed by atoms with Crippen LogP contribution >= 0.6 is 11.3 Å². The molecule has 1 aliphatic heterocycles. The van der Waals surface area contributed by atoms with Crippen molar-refractivity contribution in [2.24, 2.45) is 11.7 Å². The van der Waals surface area contributed by atoms with Gasteiger partial charge in [-0.3, -0.25) is 4.79 Å². The predicted octanol–water partition coefficient (Wildman–Crippen LogP) is 2.52. The van der Waals surface area contributed by atoms with Crippen LogP contribution in [0.3, 0.4) is 0 Å². The maximum atomic E-state index is 11.4. The first-order chi connectivity index (χ1) is 10.7. The zero-order chi connectivity index (χ0) is 15.5. The molecule has 1 aromatic carbocycles. The Balaban J connectivity index is 1.76. The van der Waals surface area contributed by atoms with Crippen molar-refractivity contribution >= 4 is 22.4 Å². The summed E-state index contributed by atoms with van der Waals surface area (Å²) in [6, 6.07) is 7.86. The van der Waals surface area contributed by atoms with Crippen LogP contribution < -0.4 is 15.4 Å². The number of benzene rings is 1. The van der Waals surface area contributed by atoms with E-state index in [-0.39, 0.29) is 11.8 Å². The number of rotatable bonds is 4. The number of thiazole rings is 1. The summed E-state index contributed by atoms with van der Waals surface area (Å²) < 4.78 is 5.17. The Bertz CT molecular complexity index is 654. The highest BCUT2D eigenvalue weighted by atomic mass is 32.1. The number of nitrogens with zero attached hydrogens (tertiary/aromatic N) is 2. The predicted molar refractivity (Wildman–Crippen MR) is 88.2 cm³/mol. The summed E-state index contributed by atoms with van der Waals surface area (Å²) >= 11 is 1.61. The number of carbonyl (C=O) groups excluding carboxylic acids is 1. The van der Waals surface area contributed by atoms with Crippen LogP contribution in [-0.2, 0) is 4.79 Å². The molecule has 2 heterocycles. The number of ether oxygens (including phenoxy) is 1. The van der Waals surface area contributed by atoms with Gasteiger partial charge in [0.1, 0.15) is 5.75 Å². The van der Waals surface area contributed by atoms with Gasteiger partial charge in [-0.1, -0.05) is 0 Å². The van der Waals surface area contributed by atoms with E-state index in [1.54, 1.807) is 18.4 Å². The molecule has 0 aliphatic carbocycles. The number of amides is 1. The third-order valence-corrected chi connectivity index (χ3v) is 4.87. The number of primary amides is 1. The SMILES string of the molecule is COc1ccc(-c2csc(N3CCCC(C(N)=O)C3)n2)cc1. The third-order valence-electron chi connectivity index (χ3n) is 3.97. The molecule has 2 aromatic rings. The van der Waals surface area contributed by atoms with Crippen LogP contribution in [0.25, 0.3) is 11.3 Å². The molecule has 1 aromatic heterocycles. The molecule has 1 atom stereocenters. The molecule has 0 spiro atoms. The molecule has 1 saturated heterocycles. The first-order valence-electron chi connectivity index (χ1n) is 7.31. The van der Waals surface area contributed by atoms with Crippen molar-refractivity contribution < 1.29 is 9.53 Å². The summed E-state index contributed by atoms with van der Waals surface area (Å²) in [5.74, 6) is 0.554. The Morgan fingerprint density at radius 1 is 1.41 bits per heavy atom. The van der Waals surface area contributed by atoms with Gasteiger partial charge in [0, 0.05) is 24.0 Å². The largest absolute Gasteiger partial charge is 0.497 e. The van der Waals surface area contributed by atoms with Crippen molar-refractivity contribution in [2.45, 2.75) is 12.8 Å². The number of hydrogen-bond donors (Lipinski definition) is 1. The van der Waals surface area contributed by atoms with Gasteiger partial charge in [0.25, 0.3) is 0 Å². The van der Waals surface area contributed by atoms with E-state index >= 15 is 0 Å². The molecule has 1 aliphatic rings. The van der Waals surface area contributed by atoms with Crippen molar-refractivity contribution in [3.05, 3.63) is 29.6 Å². The van der Waals surface area contributed by atoms with Gasteiger partial charge in [-0.25, -0.2) is 4.98 Å². The molecule has 2 N–H and O–H groups in total. The zero-order valence-electron chi connectivity index (χ0n) is 12.5. The smallest absolute Gasteiger partial charge is 0.222 e. The molecule has 1 amide bonds. The highest BCUT2D eigenvalue weighted by Crippen LogP contribution is 2.31. The number of carbonyl (C=O) groups is 1. The maximum absolute atomic E-state index is 11.4. The summed E-state index contributed by atoms with van der Waals surface area (Å²) in [5, 5.41) is 3.00. The lowest BCUT2D eigenvalue weighted by Crippen LogP contribution is -2.41. The van der Waals surface area contributed by atoms with E-state index in [0.717, 1.165) is 41.5 Å². The Labute approximate surface area is 133 Å². The van der Waals surface area contributed by atoms with E-state index in [1.807, 2.05) is 29.6 Å². The monoisotopic (exact) mass is 317 g/mol. The standard InChI is InChI=1S/C16H19N3O2S/c1-21-13-6-4-11(5-7-13)14-10-22-16(18-14)19-8-2-3-12(9-19)15(17)20/h4-7,10,12H,2-3,8-9H2,1H3,(H2,17,20). The molecule has 22 heavy (non-hydrogen) atoms. The van der Waals surface area contributed by atoms with Crippen molar-refractivity contribution in [3.63, 3.8) is 0 Å². The molecular formula is C16H19N3O2S. The summed E-state index contributed by atoms with van der Waals surface area (Å²) in [6.07, 6.45) is 1.85. The normalized spacial score (nSPS) is 18.2. The van der Waals surface area contributed by atoms with Gasteiger partial charge >= 0.3 is 0 Å². The van der Waals surface area contributed by atoms with E-state index in [1.165, 1.54) is 0 Å². The average Bonchev–Trinajstić information content (AvgIpc) is 3.05. The maximum Gasteiger partial charge on any atom is 0.222 e. The highest BCUT2D eigenvalue weighted by Gasteiger charge is 2.25. The molecule has 5 nitrogen and oxygen atoms in total. The second kappa shape index (κ2) is 6.36. The van der Waals surface area contributed by atoms with Crippen LogP contribution in [0, 0.1) is 5.92 Å². The Morgan fingerprint density at radius 2 is 2.18 bits per heavy atom. The highest BCUT2D eigenvalue weighted by molar-refractivity contribution is 7.14. The van der Waals surface area contributed by atoms with Crippen molar-refractivity contribution in [2.75, 3.05) is 25.1 Å². The summed E-state index contributed by atoms with van der Waals surface area (Å²) in [7, 11) is 1.65. The van der Waals surface area contributed by atoms with Gasteiger partial charge in [0.15, 0.2) is 5.13 Å². The second-order valence-corrected chi connectivity index (χ2v) is 6.27. The van der Waals surface area contributed by atoms with Gasteiger partial charge in [-0.2, -0.15) is 0 Å². The van der Waals surface area contributed by atoms with Crippen LogP contribution in [0.2, 0.25) is 0 Å². The van der Waals surface area contributed by atoms with Gasteiger partial charge in [0.2, 0.25) is 5.91 Å². The summed E-state index contributed by atoms with van der Waals surface area (Å²) in [4.78, 5) is 18.3. The van der Waals surface area contributed by atoms with Crippen LogP contribution in [0.4, 0.5) is 5.13 Å². The molecule has 0 radical (unpaired) electrons. The first-order valence-corrected chi connectivity index (χ1v) is 8.19. The van der Waals surface area contributed by atoms with Crippen LogP contribution in [-0.4, -0.2) is 31.1 Å². The molecule has 116 valence electrons. The zero-order valence-corrected chi connectivity index (χ0v) is 13.3. The molecule has 0 bridgehead atoms. The number of aromatic nitrogens is 1. The lowest BCUT2D eigenvalue weighted by atomic mass is 9.98. The fourth-order valence-corrected chi connectivity index (χ4v) is 3.56. The van der Waals surface area contributed by atoms with Crippen LogP contribution in [0.15, 0.2) is 29.6 Å². The number of methoxy groups -OCH3 is 1. The quantitative estimate of drug-likeness (QED) is 0.941. The van der Waals surface area contributed by atoms with Crippen LogP contribution in [0.5, 0.6) is 5.75 Å². The lowest BCUT2D eigenvalue weighted by Gasteiger charge is -2.30. The van der Waals surface area contributed by atoms with E-state index in [9.17, 15) is 4.79 Å². The molecule has 3 rings (SSSR count). The van der Waals surface area contributed by atoms with Gasteiger partial charge in [-0.05, 0) is 37.1 Å². The number of hydrogen-bond acceptors (Lipinski definition) is 5. The summed E-state index contributed by atoms with van der Waals surface area (Å²) in [5.41, 5.74) is 7.45. The average molecular weight is 317 g/mol. The van der Waals surface area contributed by atoms with Crippen molar-refractivity contribution in [1.29, 1.82) is 0 Å². The third kappa shape index (κ3) is 3.06. The minimum atomic E-state index is -0.211. The Hall–Kier alpha value is -2.08. The fourth-order valence-electron chi connectivity index (χ4n) is 2.69. The molecular weight excluding hydrogens is 298 g/mol. The van der Waals surface area contributed by atoms with Gasteiger partial charge in [0.05, 0.1) is 18.7 Å². The lowest BCUT2D eigenvalue weighted by molar-refractivity contribution is -0.122. The van der Waals surface area contributed by atoms with E-state index in [0.29, 0.717) is 6.54 Å². The summed E-state index contributed by atoms with van der Waals surface area (Å²) in [6.45, 7) is 1.60. The fraction of sp³-hybridized carbons (Fsp3) is 0.375. The van der Waals surface area contributed by atoms with Gasteiger partial charge < -0.3 is 15.4 Å². The van der Waals surface area contributed by atoms with E-state index < -0.39 is 0 Å². The molecule has 6 heteroatoms. The topological polar surface area (TPSA) is 68.5 Å². The number of anilines is 1.